The molecule has 2 nitrogen and oxygen atoms in total. The molecule has 1 N–H and O–H groups in total. The van der Waals surface area contributed by atoms with Gasteiger partial charge in [-0.3, -0.25) is 0 Å². The van der Waals surface area contributed by atoms with Crippen molar-refractivity contribution in [1.29, 1.82) is 0 Å². The number of hydrogen-bond donors (Lipinski definition) is 2. The summed E-state index contributed by atoms with van der Waals surface area (Å²) in [5.74, 6) is 2.14. The number of thioether (sulfide) groups is 1. The zero-order valence-corrected chi connectivity index (χ0v) is 8.84. The fraction of sp³-hybridized carbons (Fsp3) is 1.00. The molecule has 1 aliphatic heterocycles. The molecule has 0 aliphatic carbocycles. The number of thiol groups is 1. The lowest BCUT2D eigenvalue weighted by Crippen LogP contribution is -2.54. The van der Waals surface area contributed by atoms with Gasteiger partial charge in [-0.25, -0.2) is 10.4 Å². The smallest absolute Gasteiger partial charge is 0.0720 e. The van der Waals surface area contributed by atoms with Gasteiger partial charge in [-0.1, -0.05) is 0 Å². The van der Waals surface area contributed by atoms with Gasteiger partial charge in [0.05, 0.1) is 4.87 Å². The zero-order valence-electron chi connectivity index (χ0n) is 7.13. The van der Waals surface area contributed by atoms with Crippen LogP contribution in [0.4, 0.5) is 0 Å². The van der Waals surface area contributed by atoms with Crippen molar-refractivity contribution in [3.05, 3.63) is 0 Å². The summed E-state index contributed by atoms with van der Waals surface area (Å²) in [5.41, 5.74) is 3.44. The van der Waals surface area contributed by atoms with Crippen LogP contribution in [0.15, 0.2) is 0 Å². The van der Waals surface area contributed by atoms with E-state index in [-0.39, 0.29) is 4.87 Å². The quantitative estimate of drug-likeness (QED) is 0.640. The van der Waals surface area contributed by atoms with E-state index in [1.54, 1.807) is 0 Å². The topological polar surface area (TPSA) is 15.3 Å². The van der Waals surface area contributed by atoms with Crippen LogP contribution >= 0.6 is 24.4 Å². The van der Waals surface area contributed by atoms with Crippen LogP contribution in [0.3, 0.4) is 0 Å². The molecule has 11 heavy (non-hydrogen) atoms. The highest BCUT2D eigenvalue weighted by atomic mass is 32.2. The Morgan fingerprint density at radius 3 is 2.91 bits per heavy atom. The van der Waals surface area contributed by atoms with Crippen LogP contribution in [-0.4, -0.2) is 34.5 Å². The molecular formula is C7H16N2S2. The van der Waals surface area contributed by atoms with Gasteiger partial charge < -0.3 is 0 Å². The average Bonchev–Trinajstić information content (AvgIpc) is 1.85. The Morgan fingerprint density at radius 1 is 1.64 bits per heavy atom. The second kappa shape index (κ2) is 4.03. The molecule has 1 saturated heterocycles. The van der Waals surface area contributed by atoms with Gasteiger partial charge in [0.1, 0.15) is 0 Å². The third-order valence-corrected chi connectivity index (χ3v) is 3.02. The summed E-state index contributed by atoms with van der Waals surface area (Å²) in [6.07, 6.45) is 0. The molecule has 66 valence electrons. The van der Waals surface area contributed by atoms with Crippen LogP contribution in [0.25, 0.3) is 0 Å². The van der Waals surface area contributed by atoms with Crippen molar-refractivity contribution < 1.29 is 0 Å². The summed E-state index contributed by atoms with van der Waals surface area (Å²) >= 11 is 6.17. The summed E-state index contributed by atoms with van der Waals surface area (Å²) in [4.78, 5) is 0.210. The highest BCUT2D eigenvalue weighted by Crippen LogP contribution is 2.24. The molecule has 0 bridgehead atoms. The van der Waals surface area contributed by atoms with Crippen LogP contribution in [0.2, 0.25) is 0 Å². The maximum Gasteiger partial charge on any atom is 0.0720 e. The van der Waals surface area contributed by atoms with Crippen molar-refractivity contribution in [1.82, 2.24) is 10.4 Å². The van der Waals surface area contributed by atoms with Gasteiger partial charge in [-0.15, -0.1) is 11.8 Å². The van der Waals surface area contributed by atoms with Crippen molar-refractivity contribution in [2.24, 2.45) is 0 Å². The number of hydrazine groups is 1. The maximum absolute atomic E-state index is 4.20. The number of rotatable bonds is 2. The fourth-order valence-corrected chi connectivity index (χ4v) is 2.43. The van der Waals surface area contributed by atoms with E-state index >= 15 is 0 Å². The highest BCUT2D eigenvalue weighted by Gasteiger charge is 2.25. The highest BCUT2D eigenvalue weighted by molar-refractivity contribution is 8.00. The van der Waals surface area contributed by atoms with Crippen molar-refractivity contribution in [2.45, 2.75) is 18.7 Å². The van der Waals surface area contributed by atoms with Gasteiger partial charge in [-0.05, 0) is 13.8 Å². The van der Waals surface area contributed by atoms with Gasteiger partial charge in [-0.2, -0.15) is 12.6 Å². The third kappa shape index (κ3) is 3.23. The molecule has 0 saturated carbocycles. The van der Waals surface area contributed by atoms with E-state index < -0.39 is 0 Å². The van der Waals surface area contributed by atoms with Crippen LogP contribution in [-0.2, 0) is 0 Å². The maximum atomic E-state index is 4.20. The molecular weight excluding hydrogens is 176 g/mol. The molecule has 1 rings (SSSR count). The summed E-state index contributed by atoms with van der Waals surface area (Å²) < 4.78 is 0. The molecule has 0 amide bonds. The molecule has 0 aromatic heterocycles. The zero-order chi connectivity index (χ0) is 8.32. The van der Waals surface area contributed by atoms with Gasteiger partial charge in [0, 0.05) is 24.6 Å². The normalized spacial score (nSPS) is 25.4. The Bertz CT molecular complexity index is 126. The molecule has 0 aromatic rings. The van der Waals surface area contributed by atoms with E-state index in [2.05, 4.69) is 36.9 Å². The summed E-state index contributed by atoms with van der Waals surface area (Å²) in [5, 5.41) is 2.25. The van der Waals surface area contributed by atoms with Gasteiger partial charge in [0.25, 0.3) is 0 Å². The number of nitrogens with one attached hydrogen (secondary N) is 1. The first-order valence-corrected chi connectivity index (χ1v) is 5.53. The van der Waals surface area contributed by atoms with Crippen molar-refractivity contribution in [3.63, 3.8) is 0 Å². The first-order chi connectivity index (χ1) is 5.14. The summed E-state index contributed by atoms with van der Waals surface area (Å²) in [6, 6.07) is 0. The van der Waals surface area contributed by atoms with Gasteiger partial charge >= 0.3 is 0 Å². The van der Waals surface area contributed by atoms with Gasteiger partial charge in [0.15, 0.2) is 0 Å². The predicted molar refractivity (Wildman–Crippen MR) is 55.1 cm³/mol. The molecule has 0 spiro atoms. The van der Waals surface area contributed by atoms with Crippen LogP contribution in [0.5, 0.6) is 0 Å². The van der Waals surface area contributed by atoms with E-state index in [9.17, 15) is 0 Å². The largest absolute Gasteiger partial charge is 0.242 e. The third-order valence-electron chi connectivity index (χ3n) is 1.62. The molecule has 1 aliphatic rings. The first kappa shape index (κ1) is 9.71. The average molecular weight is 192 g/mol. The Morgan fingerprint density at radius 2 is 2.36 bits per heavy atom. The Balaban J connectivity index is 2.34. The Kier molecular flexibility index (Phi) is 3.55. The standard InChI is InChI=1S/C7H16N2S2/c1-7(2)8-9(3-5-10)4-6-11-7/h8,10H,3-6H2,1-2H3. The van der Waals surface area contributed by atoms with E-state index in [4.69, 9.17) is 0 Å². The fourth-order valence-electron chi connectivity index (χ4n) is 1.17. The molecule has 4 heteroatoms. The van der Waals surface area contributed by atoms with E-state index in [1.165, 1.54) is 5.75 Å². The van der Waals surface area contributed by atoms with Crippen molar-refractivity contribution in [2.75, 3.05) is 24.6 Å². The van der Waals surface area contributed by atoms with Crippen molar-refractivity contribution >= 4 is 24.4 Å². The molecule has 0 radical (unpaired) electrons. The summed E-state index contributed by atoms with van der Waals surface area (Å²) in [6.45, 7) is 6.59. The molecule has 0 unspecified atom stereocenters. The lowest BCUT2D eigenvalue weighted by atomic mass is 10.4. The SMILES string of the molecule is CC1(C)NN(CCS)CCS1. The van der Waals surface area contributed by atoms with Crippen LogP contribution < -0.4 is 5.43 Å². The predicted octanol–water partition coefficient (Wildman–Crippen LogP) is 1.21. The molecule has 1 fully saturated rings. The Hall–Kier alpha value is 0.620. The number of hydrogen-bond acceptors (Lipinski definition) is 4. The second-order valence-electron chi connectivity index (χ2n) is 3.18. The minimum atomic E-state index is 0.210. The minimum absolute atomic E-state index is 0.210. The first-order valence-electron chi connectivity index (χ1n) is 3.92. The lowest BCUT2D eigenvalue weighted by Gasteiger charge is -2.38. The minimum Gasteiger partial charge on any atom is -0.242 e. The molecule has 1 heterocycles. The van der Waals surface area contributed by atoms with Crippen LogP contribution in [0.1, 0.15) is 13.8 Å². The Labute approximate surface area is 78.5 Å². The van der Waals surface area contributed by atoms with Crippen LogP contribution in [0, 0.1) is 0 Å². The van der Waals surface area contributed by atoms with Crippen molar-refractivity contribution in [3.8, 4) is 0 Å². The monoisotopic (exact) mass is 192 g/mol. The summed E-state index contributed by atoms with van der Waals surface area (Å²) in [7, 11) is 0. The molecule has 0 aromatic carbocycles. The van der Waals surface area contributed by atoms with E-state index in [0.29, 0.717) is 0 Å². The second-order valence-corrected chi connectivity index (χ2v) is 5.35. The van der Waals surface area contributed by atoms with Gasteiger partial charge in [0.2, 0.25) is 0 Å². The van der Waals surface area contributed by atoms with E-state index in [1.807, 2.05) is 11.8 Å². The van der Waals surface area contributed by atoms with E-state index in [0.717, 1.165) is 18.8 Å². The molecule has 0 atom stereocenters. The lowest BCUT2D eigenvalue weighted by molar-refractivity contribution is 0.167. The number of nitrogens with zero attached hydrogens (tertiary/aromatic N) is 1.